The van der Waals surface area contributed by atoms with E-state index in [1.807, 2.05) is 12.1 Å². The van der Waals surface area contributed by atoms with Gasteiger partial charge >= 0.3 is 12.2 Å². The van der Waals surface area contributed by atoms with Gasteiger partial charge in [0, 0.05) is 43.0 Å². The van der Waals surface area contributed by atoms with Crippen LogP contribution in [0.25, 0.3) is 0 Å². The summed E-state index contributed by atoms with van der Waals surface area (Å²) in [6.07, 6.45) is -1.18. The molecule has 11 nitrogen and oxygen atoms in total. The smallest absolute Gasteiger partial charge is 0.435 e. The number of piperazine rings is 1. The lowest BCUT2D eigenvalue weighted by Crippen LogP contribution is -2.46. The number of fused-ring (bicyclic) bond motifs is 1. The van der Waals surface area contributed by atoms with Crippen molar-refractivity contribution in [2.75, 3.05) is 49.5 Å². The molecule has 0 saturated carbocycles. The summed E-state index contributed by atoms with van der Waals surface area (Å²) in [5, 5.41) is 7.13. The number of hydrogen-bond donors (Lipinski definition) is 1. The van der Waals surface area contributed by atoms with E-state index in [0.717, 1.165) is 43.1 Å². The van der Waals surface area contributed by atoms with Crippen molar-refractivity contribution in [2.45, 2.75) is 53.3 Å². The molecule has 37 heavy (non-hydrogen) atoms. The minimum atomic E-state index is -0.669. The predicted octanol–water partition coefficient (Wildman–Crippen LogP) is 3.53. The Morgan fingerprint density at radius 2 is 1.65 bits per heavy atom. The maximum Gasteiger partial charge on any atom is 0.435 e. The van der Waals surface area contributed by atoms with Crippen molar-refractivity contribution >= 4 is 29.6 Å². The first-order valence-corrected chi connectivity index (χ1v) is 12.7. The quantitative estimate of drug-likeness (QED) is 0.648. The Bertz CT molecular complexity index is 1150. The van der Waals surface area contributed by atoms with E-state index in [0.29, 0.717) is 16.8 Å². The molecule has 2 amide bonds. The van der Waals surface area contributed by atoms with E-state index in [9.17, 15) is 14.4 Å². The third-order valence-corrected chi connectivity index (χ3v) is 6.42. The number of nitrogens with one attached hydrogen (secondary N) is 1. The Morgan fingerprint density at radius 1 is 0.973 bits per heavy atom. The number of hydrogen-bond acceptors (Lipinski definition) is 8. The highest BCUT2D eigenvalue weighted by molar-refractivity contribution is 6.04. The lowest BCUT2D eigenvalue weighted by molar-refractivity contribution is 0.0238. The zero-order chi connectivity index (χ0) is 26.7. The van der Waals surface area contributed by atoms with Crippen LogP contribution in [0.5, 0.6) is 0 Å². The summed E-state index contributed by atoms with van der Waals surface area (Å²) >= 11 is 0. The fourth-order valence-electron chi connectivity index (χ4n) is 4.46. The molecule has 0 bridgehead atoms. The Labute approximate surface area is 217 Å². The molecular formula is C26H36N6O5. The third-order valence-electron chi connectivity index (χ3n) is 6.42. The summed E-state index contributed by atoms with van der Waals surface area (Å²) in [6.45, 7) is 14.7. The molecule has 2 aromatic rings. The Balaban J connectivity index is 1.49. The van der Waals surface area contributed by atoms with Crippen LogP contribution < -0.4 is 10.2 Å². The molecule has 1 fully saturated rings. The number of likely N-dealkylation sites (N-methyl/N-ethyl adjacent to an activating group) is 1. The van der Waals surface area contributed by atoms with Crippen LogP contribution in [0.1, 0.15) is 56.2 Å². The summed E-state index contributed by atoms with van der Waals surface area (Å²) in [6, 6.07) is 7.46. The maximum atomic E-state index is 13.1. The highest BCUT2D eigenvalue weighted by atomic mass is 16.6. The Kier molecular flexibility index (Phi) is 7.72. The number of nitrogens with zero attached hydrogens (tertiary/aromatic N) is 5. The van der Waals surface area contributed by atoms with E-state index in [-0.39, 0.29) is 31.4 Å². The third kappa shape index (κ3) is 6.04. The number of anilines is 2. The van der Waals surface area contributed by atoms with Crippen LogP contribution in [0.4, 0.5) is 21.1 Å². The summed E-state index contributed by atoms with van der Waals surface area (Å²) in [4.78, 5) is 44.5. The van der Waals surface area contributed by atoms with Gasteiger partial charge in [-0.1, -0.05) is 6.92 Å². The first-order chi connectivity index (χ1) is 17.6. The minimum Gasteiger partial charge on any atom is -0.448 e. The molecule has 1 aromatic carbocycles. The van der Waals surface area contributed by atoms with E-state index in [4.69, 9.17) is 9.47 Å². The standard InChI is InChI=1S/C26H36N6O5/c1-6-29-12-14-30(15-13-29)19-10-8-18(9-11-19)23(33)27-22-20-16-31(24(34)37-26(3,4)5)17-21(20)32(28-22)25(35)36-7-2/h8-11H,6-7,12-17H2,1-5H3,(H,27,28,33). The molecule has 200 valence electrons. The van der Waals surface area contributed by atoms with Crippen LogP contribution in [0, 0.1) is 0 Å². The van der Waals surface area contributed by atoms with E-state index >= 15 is 0 Å². The van der Waals surface area contributed by atoms with Crippen LogP contribution in [0.2, 0.25) is 0 Å². The molecule has 0 unspecified atom stereocenters. The molecule has 0 atom stereocenters. The molecule has 1 N–H and O–H groups in total. The fourth-order valence-corrected chi connectivity index (χ4v) is 4.46. The van der Waals surface area contributed by atoms with Gasteiger partial charge in [-0.25, -0.2) is 9.59 Å². The first kappa shape index (κ1) is 26.5. The Hall–Kier alpha value is -3.60. The second-order valence-electron chi connectivity index (χ2n) is 10.1. The number of carbonyl (C=O) groups is 3. The van der Waals surface area contributed by atoms with Crippen molar-refractivity contribution in [3.63, 3.8) is 0 Å². The number of ether oxygens (including phenoxy) is 2. The Morgan fingerprint density at radius 3 is 2.24 bits per heavy atom. The van der Waals surface area contributed by atoms with Gasteiger partial charge in [0.15, 0.2) is 5.82 Å². The van der Waals surface area contributed by atoms with Crippen molar-refractivity contribution in [3.05, 3.63) is 41.1 Å². The van der Waals surface area contributed by atoms with Gasteiger partial charge in [-0.3, -0.25) is 9.69 Å². The van der Waals surface area contributed by atoms with Crippen molar-refractivity contribution in [1.82, 2.24) is 19.6 Å². The largest absolute Gasteiger partial charge is 0.448 e. The van der Waals surface area contributed by atoms with Gasteiger partial charge in [-0.05, 0) is 58.5 Å². The maximum absolute atomic E-state index is 13.1. The molecule has 1 saturated heterocycles. The zero-order valence-corrected chi connectivity index (χ0v) is 22.2. The molecule has 0 spiro atoms. The zero-order valence-electron chi connectivity index (χ0n) is 22.2. The molecule has 2 aliphatic rings. The lowest BCUT2D eigenvalue weighted by atomic mass is 10.1. The number of aromatic nitrogens is 2. The summed E-state index contributed by atoms with van der Waals surface area (Å²) in [7, 11) is 0. The number of benzene rings is 1. The minimum absolute atomic E-state index is 0.117. The van der Waals surface area contributed by atoms with Gasteiger partial charge in [0.05, 0.1) is 25.4 Å². The molecule has 4 rings (SSSR count). The van der Waals surface area contributed by atoms with Crippen molar-refractivity contribution in [2.24, 2.45) is 0 Å². The van der Waals surface area contributed by atoms with E-state index in [2.05, 4.69) is 27.1 Å². The lowest BCUT2D eigenvalue weighted by Gasteiger charge is -2.35. The monoisotopic (exact) mass is 512 g/mol. The van der Waals surface area contributed by atoms with Crippen LogP contribution in [0.3, 0.4) is 0 Å². The van der Waals surface area contributed by atoms with E-state index < -0.39 is 17.8 Å². The molecule has 3 heterocycles. The molecule has 0 aliphatic carbocycles. The van der Waals surface area contributed by atoms with Crippen LogP contribution in [-0.2, 0) is 22.6 Å². The van der Waals surface area contributed by atoms with Gasteiger partial charge in [-0.15, -0.1) is 5.10 Å². The first-order valence-electron chi connectivity index (χ1n) is 12.7. The fraction of sp³-hybridized carbons (Fsp3) is 0.538. The number of amides is 2. The predicted molar refractivity (Wildman–Crippen MR) is 139 cm³/mol. The van der Waals surface area contributed by atoms with Crippen molar-refractivity contribution in [3.8, 4) is 0 Å². The molecular weight excluding hydrogens is 476 g/mol. The second-order valence-corrected chi connectivity index (χ2v) is 10.1. The highest BCUT2D eigenvalue weighted by Gasteiger charge is 2.35. The molecule has 2 aliphatic heterocycles. The number of rotatable bonds is 5. The average molecular weight is 513 g/mol. The summed E-state index contributed by atoms with van der Waals surface area (Å²) < 4.78 is 11.7. The summed E-state index contributed by atoms with van der Waals surface area (Å²) in [5.74, 6) is -0.131. The van der Waals surface area contributed by atoms with E-state index in [1.165, 1.54) is 4.90 Å². The van der Waals surface area contributed by atoms with Crippen LogP contribution >= 0.6 is 0 Å². The highest BCUT2D eigenvalue weighted by Crippen LogP contribution is 2.31. The molecule has 11 heteroatoms. The molecule has 0 radical (unpaired) electrons. The molecule has 1 aromatic heterocycles. The topological polar surface area (TPSA) is 109 Å². The van der Waals surface area contributed by atoms with Gasteiger partial charge in [0.25, 0.3) is 5.91 Å². The van der Waals surface area contributed by atoms with Crippen LogP contribution in [-0.4, -0.2) is 82.6 Å². The van der Waals surface area contributed by atoms with Gasteiger partial charge in [0.2, 0.25) is 0 Å². The second kappa shape index (κ2) is 10.8. The van der Waals surface area contributed by atoms with E-state index in [1.54, 1.807) is 39.8 Å². The van der Waals surface area contributed by atoms with Gasteiger partial charge in [-0.2, -0.15) is 4.68 Å². The van der Waals surface area contributed by atoms with Crippen molar-refractivity contribution < 1.29 is 23.9 Å². The summed E-state index contributed by atoms with van der Waals surface area (Å²) in [5.41, 5.74) is 1.95. The normalized spacial score (nSPS) is 15.9. The average Bonchev–Trinajstić information content (AvgIpc) is 3.44. The number of carbonyl (C=O) groups excluding carboxylic acids is 3. The van der Waals surface area contributed by atoms with Gasteiger partial charge < -0.3 is 24.6 Å². The van der Waals surface area contributed by atoms with Crippen molar-refractivity contribution in [1.29, 1.82) is 0 Å². The van der Waals surface area contributed by atoms with Crippen LogP contribution in [0.15, 0.2) is 24.3 Å². The van der Waals surface area contributed by atoms with Gasteiger partial charge in [0.1, 0.15) is 5.60 Å². The SMILES string of the molecule is CCOC(=O)n1nc(NC(=O)c2ccc(N3CCN(CC)CC3)cc2)c2c1CN(C(=O)OC(C)(C)C)C2.